The molecule has 2 aliphatic heterocycles. The molecule has 3 heterocycles. The fourth-order valence-electron chi connectivity index (χ4n) is 4.58. The number of nitrogens with two attached hydrogens (primary N) is 1. The van der Waals surface area contributed by atoms with Gasteiger partial charge in [0.2, 0.25) is 5.91 Å². The Hall–Kier alpha value is -2.41. The molecule has 2 aromatic rings. The van der Waals surface area contributed by atoms with E-state index in [1.54, 1.807) is 0 Å². The molecule has 0 atom stereocenters. The first-order valence-electron chi connectivity index (χ1n) is 10.4. The molecule has 0 bridgehead atoms. The van der Waals surface area contributed by atoms with Crippen molar-refractivity contribution in [2.24, 2.45) is 5.73 Å². The fourth-order valence-corrected chi connectivity index (χ4v) is 4.58. The van der Waals surface area contributed by atoms with Gasteiger partial charge in [0, 0.05) is 30.9 Å². The average molecular weight is 383 g/mol. The van der Waals surface area contributed by atoms with E-state index in [2.05, 4.69) is 15.1 Å². The molecule has 7 heteroatoms. The molecule has 3 N–H and O–H groups in total. The maximum Gasteiger partial charge on any atom is 0.269 e. The van der Waals surface area contributed by atoms with Gasteiger partial charge in [-0.1, -0.05) is 12.5 Å². The number of fused-ring (bicyclic) bond motifs is 1. The van der Waals surface area contributed by atoms with Crippen LogP contribution in [0.5, 0.6) is 0 Å². The smallest absolute Gasteiger partial charge is 0.269 e. The van der Waals surface area contributed by atoms with Gasteiger partial charge in [-0.15, -0.1) is 0 Å². The predicted octanol–water partition coefficient (Wildman–Crippen LogP) is 2.07. The average Bonchev–Trinajstić information content (AvgIpc) is 3.16. The van der Waals surface area contributed by atoms with Crippen LogP contribution in [0.25, 0.3) is 10.9 Å². The maximum absolute atomic E-state index is 12.7. The van der Waals surface area contributed by atoms with E-state index in [-0.39, 0.29) is 11.6 Å². The zero-order valence-electron chi connectivity index (χ0n) is 16.3. The quantitative estimate of drug-likeness (QED) is 0.826. The molecule has 2 aliphatic rings. The molecule has 2 fully saturated rings. The second-order valence-electron chi connectivity index (χ2n) is 8.02. The summed E-state index contributed by atoms with van der Waals surface area (Å²) in [5.74, 6) is -0.324. The number of nitrogens with one attached hydrogen (secondary N) is 1. The molecule has 7 nitrogen and oxygen atoms in total. The number of amides is 2. The van der Waals surface area contributed by atoms with Crippen molar-refractivity contribution in [1.29, 1.82) is 0 Å². The Kier molecular flexibility index (Phi) is 5.62. The largest absolute Gasteiger partial charge is 0.364 e. The van der Waals surface area contributed by atoms with E-state index in [0.717, 1.165) is 42.4 Å². The first kappa shape index (κ1) is 18.9. The van der Waals surface area contributed by atoms with Crippen LogP contribution in [0.4, 0.5) is 0 Å². The predicted molar refractivity (Wildman–Crippen MR) is 108 cm³/mol. The molecular weight excluding hydrogens is 354 g/mol. The molecule has 1 aromatic carbocycles. The summed E-state index contributed by atoms with van der Waals surface area (Å²) in [6.07, 6.45) is 7.33. The third-order valence-corrected chi connectivity index (χ3v) is 6.21. The van der Waals surface area contributed by atoms with Crippen LogP contribution < -0.4 is 5.73 Å². The number of piperidine rings is 2. The molecule has 0 saturated carbocycles. The number of nitrogens with zero attached hydrogens (tertiary/aromatic N) is 3. The van der Waals surface area contributed by atoms with Crippen LogP contribution in [0.2, 0.25) is 0 Å². The molecular formula is C21H29N5O2. The second kappa shape index (κ2) is 8.31. The van der Waals surface area contributed by atoms with E-state index in [9.17, 15) is 9.59 Å². The standard InChI is InChI=1S/C21H29N5O2/c22-21(28)20-17-14-15(4-6-18(17)23-24-20)5-7-19(27)26-12-8-16(9-13-26)25-10-2-1-3-11-25/h4,6,14,16H,1-3,5,7-13H2,(H2,22,28)(H,23,24). The fraction of sp³-hybridized carbons (Fsp3) is 0.571. The Labute approximate surface area is 165 Å². The maximum atomic E-state index is 12.7. The van der Waals surface area contributed by atoms with Gasteiger partial charge in [-0.05, 0) is 62.9 Å². The highest BCUT2D eigenvalue weighted by molar-refractivity contribution is 6.04. The molecule has 0 aliphatic carbocycles. The third-order valence-electron chi connectivity index (χ3n) is 6.21. The number of likely N-dealkylation sites (tertiary alicyclic amines) is 2. The van der Waals surface area contributed by atoms with Crippen molar-refractivity contribution < 1.29 is 9.59 Å². The number of hydrogen-bond donors (Lipinski definition) is 2. The van der Waals surface area contributed by atoms with Crippen molar-refractivity contribution in [3.05, 3.63) is 29.5 Å². The van der Waals surface area contributed by atoms with Gasteiger partial charge in [0.15, 0.2) is 5.69 Å². The van der Waals surface area contributed by atoms with Gasteiger partial charge >= 0.3 is 0 Å². The number of aromatic nitrogens is 2. The number of benzene rings is 1. The van der Waals surface area contributed by atoms with Gasteiger partial charge in [-0.25, -0.2) is 0 Å². The molecule has 28 heavy (non-hydrogen) atoms. The summed E-state index contributed by atoms with van der Waals surface area (Å²) in [4.78, 5) is 28.8. The van der Waals surface area contributed by atoms with Crippen LogP contribution in [0.1, 0.15) is 54.6 Å². The lowest BCUT2D eigenvalue weighted by molar-refractivity contribution is -0.132. The van der Waals surface area contributed by atoms with Crippen molar-refractivity contribution in [3.63, 3.8) is 0 Å². The molecule has 0 spiro atoms. The second-order valence-corrected chi connectivity index (χ2v) is 8.02. The molecule has 2 saturated heterocycles. The van der Waals surface area contributed by atoms with Crippen LogP contribution in [0, 0.1) is 0 Å². The summed E-state index contributed by atoms with van der Waals surface area (Å²) >= 11 is 0. The lowest BCUT2D eigenvalue weighted by atomic mass is 9.99. The lowest BCUT2D eigenvalue weighted by Gasteiger charge is -2.40. The van der Waals surface area contributed by atoms with Gasteiger partial charge in [-0.2, -0.15) is 5.10 Å². The minimum absolute atomic E-state index is 0.222. The number of primary amides is 1. The van der Waals surface area contributed by atoms with Gasteiger partial charge in [0.1, 0.15) is 0 Å². The van der Waals surface area contributed by atoms with E-state index >= 15 is 0 Å². The van der Waals surface area contributed by atoms with Crippen molar-refractivity contribution in [3.8, 4) is 0 Å². The molecule has 150 valence electrons. The molecule has 1 aromatic heterocycles. The lowest BCUT2D eigenvalue weighted by Crippen LogP contribution is -2.48. The Morgan fingerprint density at radius 1 is 1.11 bits per heavy atom. The highest BCUT2D eigenvalue weighted by atomic mass is 16.2. The molecule has 0 unspecified atom stereocenters. The SMILES string of the molecule is NC(=O)c1n[nH]c2ccc(CCC(=O)N3CCC(N4CCCCC4)CC3)cc12. The summed E-state index contributed by atoms with van der Waals surface area (Å²) in [7, 11) is 0. The number of carbonyl (C=O) groups excluding carboxylic acids is 2. The van der Waals surface area contributed by atoms with E-state index in [1.165, 1.54) is 32.4 Å². The first-order valence-corrected chi connectivity index (χ1v) is 10.4. The van der Waals surface area contributed by atoms with E-state index in [4.69, 9.17) is 5.73 Å². The number of hydrogen-bond acceptors (Lipinski definition) is 4. The van der Waals surface area contributed by atoms with Crippen molar-refractivity contribution >= 4 is 22.7 Å². The normalized spacial score (nSPS) is 19.2. The van der Waals surface area contributed by atoms with E-state index < -0.39 is 5.91 Å². The number of rotatable bonds is 5. The van der Waals surface area contributed by atoms with Crippen LogP contribution >= 0.6 is 0 Å². The topological polar surface area (TPSA) is 95.3 Å². The zero-order chi connectivity index (χ0) is 19.5. The minimum Gasteiger partial charge on any atom is -0.364 e. The monoisotopic (exact) mass is 383 g/mol. The molecule has 2 amide bonds. The Morgan fingerprint density at radius 3 is 2.57 bits per heavy atom. The van der Waals surface area contributed by atoms with Crippen LogP contribution in [-0.2, 0) is 11.2 Å². The Bertz CT molecular complexity index is 848. The number of H-pyrrole nitrogens is 1. The summed E-state index contributed by atoms with van der Waals surface area (Å²) in [5, 5.41) is 7.51. The highest BCUT2D eigenvalue weighted by Crippen LogP contribution is 2.22. The number of aryl methyl sites for hydroxylation is 1. The van der Waals surface area contributed by atoms with Crippen LogP contribution in [0.3, 0.4) is 0 Å². The third kappa shape index (κ3) is 4.04. The Morgan fingerprint density at radius 2 is 1.86 bits per heavy atom. The van der Waals surface area contributed by atoms with E-state index in [0.29, 0.717) is 18.9 Å². The molecule has 0 radical (unpaired) electrons. The summed E-state index contributed by atoms with van der Waals surface area (Å²) in [6, 6.07) is 6.43. The summed E-state index contributed by atoms with van der Waals surface area (Å²) in [6.45, 7) is 4.18. The summed E-state index contributed by atoms with van der Waals surface area (Å²) in [5.41, 5.74) is 7.43. The highest BCUT2D eigenvalue weighted by Gasteiger charge is 2.27. The zero-order valence-corrected chi connectivity index (χ0v) is 16.3. The van der Waals surface area contributed by atoms with Crippen molar-refractivity contribution in [2.75, 3.05) is 26.2 Å². The molecule has 4 rings (SSSR count). The minimum atomic E-state index is -0.545. The number of aromatic amines is 1. The van der Waals surface area contributed by atoms with Crippen LogP contribution in [0.15, 0.2) is 18.2 Å². The number of carbonyl (C=O) groups is 2. The van der Waals surface area contributed by atoms with Gasteiger partial charge < -0.3 is 15.5 Å². The van der Waals surface area contributed by atoms with Gasteiger partial charge in [0.05, 0.1) is 5.52 Å². The van der Waals surface area contributed by atoms with Gasteiger partial charge in [0.25, 0.3) is 5.91 Å². The van der Waals surface area contributed by atoms with Gasteiger partial charge in [-0.3, -0.25) is 14.7 Å². The first-order chi connectivity index (χ1) is 13.6. The summed E-state index contributed by atoms with van der Waals surface area (Å²) < 4.78 is 0. The van der Waals surface area contributed by atoms with Crippen molar-refractivity contribution in [2.45, 2.75) is 51.0 Å². The van der Waals surface area contributed by atoms with Crippen LogP contribution in [-0.4, -0.2) is 64.0 Å². The Balaban J connectivity index is 1.30. The van der Waals surface area contributed by atoms with Crippen molar-refractivity contribution in [1.82, 2.24) is 20.0 Å². The van der Waals surface area contributed by atoms with E-state index in [1.807, 2.05) is 23.1 Å².